The van der Waals surface area contributed by atoms with Crippen molar-refractivity contribution in [2.24, 2.45) is 0 Å². The number of aromatic nitrogens is 6. The van der Waals surface area contributed by atoms with E-state index in [-0.39, 0.29) is 35.6 Å². The Labute approximate surface area is 351 Å². The molecule has 62 heavy (non-hydrogen) atoms. The fraction of sp³-hybridized carbons (Fsp3) is 0.457. The molecule has 5 heterocycles. The molecule has 25 nitrogen and oxygen atoms in total. The third-order valence-corrected chi connectivity index (χ3v) is 11.2. The number of hydrogen-bond acceptors (Lipinski definition) is 19. The SMILES string of the molecule is C=CCCC(=O)N[C@@H](CCCc1ccccc1)C(=O)O[C@H]1[C@@H](O)[C@H](n2cnc3c(N)ncnc32)O[C@@H]1COP(=O)(O)O[C@H]1[C@@H](O)[C@H](n2ccc(N)nc2=O)O[C@@H]1COP(=O)(O)O. The predicted octanol–water partition coefficient (Wildman–Crippen LogP) is -0.239. The molecule has 2 saturated heterocycles. The van der Waals surface area contributed by atoms with Crippen LogP contribution in [0.25, 0.3) is 11.2 Å². The number of hydrogen-bond donors (Lipinski definition) is 8. The fourth-order valence-corrected chi connectivity index (χ4v) is 8.07. The Bertz CT molecular complexity index is 2370. The number of aliphatic hydroxyl groups excluding tert-OH is 2. The third kappa shape index (κ3) is 11.5. The molecule has 4 aromatic rings. The molecule has 0 aliphatic carbocycles. The van der Waals surface area contributed by atoms with Gasteiger partial charge in [0.15, 0.2) is 30.0 Å². The number of rotatable bonds is 20. The molecule has 0 saturated carbocycles. The van der Waals surface area contributed by atoms with Gasteiger partial charge in [0.25, 0.3) is 0 Å². The van der Waals surface area contributed by atoms with Gasteiger partial charge in [0.05, 0.1) is 19.5 Å². The van der Waals surface area contributed by atoms with Crippen LogP contribution >= 0.6 is 15.6 Å². The van der Waals surface area contributed by atoms with Crippen LogP contribution < -0.4 is 22.5 Å². The van der Waals surface area contributed by atoms with E-state index in [2.05, 4.69) is 36.4 Å². The standard InChI is InChI=1S/C35H45N9O16P2/c1-2-3-12-24(45)41-20(11-7-10-19-8-5-4-6-9-19)34(48)59-28-21(57-33(26(28)46)44-18-40-25-30(37)38-17-39-31(25)44)16-56-62(53,54)60-29-22(15-55-61(50,51)52)58-32(27(29)47)43-14-13-23(36)42-35(43)49/h2,4-6,8-9,13-14,17-18,20-22,26-29,32-33,46-47H,1,3,7,10-12,15-16H2,(H,41,45)(H,53,54)(H2,36,42,49)(H2,37,38,39)(H2,50,51,52)/t20-,21+,22+,26+,27+,28+,29+,32+,33+/m0/s1. The van der Waals surface area contributed by atoms with E-state index in [0.717, 1.165) is 22.7 Å². The van der Waals surface area contributed by atoms with Gasteiger partial charge in [-0.25, -0.2) is 33.7 Å². The lowest BCUT2D eigenvalue weighted by molar-refractivity contribution is -0.160. The molecule has 1 unspecified atom stereocenters. The van der Waals surface area contributed by atoms with Crippen molar-refractivity contribution in [2.75, 3.05) is 24.7 Å². The molecule has 0 bridgehead atoms. The predicted molar refractivity (Wildman–Crippen MR) is 212 cm³/mol. The number of ether oxygens (including phenoxy) is 3. The number of amides is 1. The average molecular weight is 910 g/mol. The quantitative estimate of drug-likeness (QED) is 0.0322. The summed E-state index contributed by atoms with van der Waals surface area (Å²) in [4.78, 5) is 84.7. The van der Waals surface area contributed by atoms with E-state index in [9.17, 15) is 48.4 Å². The molecule has 1 amide bonds. The molecule has 0 radical (unpaired) electrons. The van der Waals surface area contributed by atoms with Crippen molar-refractivity contribution >= 4 is 50.3 Å². The van der Waals surface area contributed by atoms with Crippen molar-refractivity contribution in [1.82, 2.24) is 34.4 Å². The summed E-state index contributed by atoms with van der Waals surface area (Å²) >= 11 is 0. The number of carbonyl (C=O) groups is 2. The summed E-state index contributed by atoms with van der Waals surface area (Å²) in [6.45, 7) is 1.65. The molecule has 336 valence electrons. The number of esters is 1. The summed E-state index contributed by atoms with van der Waals surface area (Å²) in [6.07, 6.45) is -7.33. The number of anilines is 2. The maximum Gasteiger partial charge on any atom is 0.472 e. The highest BCUT2D eigenvalue weighted by atomic mass is 31.2. The van der Waals surface area contributed by atoms with Crippen LogP contribution in [0.4, 0.5) is 11.6 Å². The van der Waals surface area contributed by atoms with E-state index < -0.39 is 102 Å². The Balaban J connectivity index is 1.23. The summed E-state index contributed by atoms with van der Waals surface area (Å²) in [6, 6.07) is 9.35. The lowest BCUT2D eigenvalue weighted by atomic mass is 10.0. The van der Waals surface area contributed by atoms with E-state index in [0.29, 0.717) is 19.3 Å². The second-order valence-electron chi connectivity index (χ2n) is 14.1. The summed E-state index contributed by atoms with van der Waals surface area (Å²) in [5, 5.41) is 25.5. The van der Waals surface area contributed by atoms with E-state index >= 15 is 0 Å². The number of nitrogens with zero attached hydrogens (tertiary/aromatic N) is 6. The number of allylic oxidation sites excluding steroid dienone is 1. The zero-order valence-corrected chi connectivity index (χ0v) is 34.4. The molecule has 2 aliphatic heterocycles. The Morgan fingerprint density at radius 3 is 2.32 bits per heavy atom. The average Bonchev–Trinajstić information content (AvgIpc) is 3.88. The first-order chi connectivity index (χ1) is 29.4. The number of nitrogens with one attached hydrogen (secondary N) is 1. The number of benzene rings is 1. The topological polar surface area (TPSA) is 367 Å². The van der Waals surface area contributed by atoms with Crippen molar-refractivity contribution in [2.45, 2.75) is 87.2 Å². The van der Waals surface area contributed by atoms with Crippen molar-refractivity contribution < 1.29 is 71.4 Å². The molecule has 0 spiro atoms. The normalized spacial score (nSPS) is 25.3. The lowest BCUT2D eigenvalue weighted by Crippen LogP contribution is -2.46. The molecule has 10 atom stereocenters. The number of nitrogen functional groups attached to an aromatic ring is 2. The highest BCUT2D eigenvalue weighted by Gasteiger charge is 2.52. The van der Waals surface area contributed by atoms with Crippen LogP contribution in [0, 0.1) is 0 Å². The zero-order valence-electron chi connectivity index (χ0n) is 32.6. The molecule has 6 rings (SSSR count). The highest BCUT2D eigenvalue weighted by Crippen LogP contribution is 2.50. The summed E-state index contributed by atoms with van der Waals surface area (Å²) < 4.78 is 59.6. The van der Waals surface area contributed by atoms with E-state index in [1.54, 1.807) is 0 Å². The van der Waals surface area contributed by atoms with E-state index in [1.165, 1.54) is 23.0 Å². The number of aliphatic hydroxyl groups is 2. The highest BCUT2D eigenvalue weighted by molar-refractivity contribution is 7.47. The number of phosphoric acid groups is 2. The van der Waals surface area contributed by atoms with Gasteiger partial charge in [0, 0.05) is 12.6 Å². The van der Waals surface area contributed by atoms with Crippen LogP contribution in [0.3, 0.4) is 0 Å². The smallest absolute Gasteiger partial charge is 0.455 e. The van der Waals surface area contributed by atoms with Crippen LogP contribution in [0.5, 0.6) is 0 Å². The summed E-state index contributed by atoms with van der Waals surface area (Å²) in [7, 11) is -10.6. The minimum atomic E-state index is -5.41. The second-order valence-corrected chi connectivity index (χ2v) is 16.7. The van der Waals surface area contributed by atoms with Gasteiger partial charge >= 0.3 is 27.3 Å². The number of phosphoric ester groups is 2. The first kappa shape index (κ1) is 46.5. The van der Waals surface area contributed by atoms with Crippen LogP contribution in [-0.4, -0.2) is 122 Å². The second kappa shape index (κ2) is 20.0. The number of fused-ring (bicyclic) bond motifs is 1. The van der Waals surface area contributed by atoms with Gasteiger partial charge < -0.3 is 55.9 Å². The van der Waals surface area contributed by atoms with Crippen molar-refractivity contribution in [3.8, 4) is 0 Å². The zero-order chi connectivity index (χ0) is 44.8. The summed E-state index contributed by atoms with van der Waals surface area (Å²) in [5.41, 5.74) is 11.7. The molecule has 27 heteroatoms. The van der Waals surface area contributed by atoms with Gasteiger partial charge in [0.2, 0.25) is 5.91 Å². The number of imidazole rings is 1. The van der Waals surface area contributed by atoms with Crippen LogP contribution in [0.1, 0.15) is 43.7 Å². The molecule has 10 N–H and O–H groups in total. The summed E-state index contributed by atoms with van der Waals surface area (Å²) in [5.74, 6) is -1.64. The maximum absolute atomic E-state index is 13.9. The monoisotopic (exact) mass is 909 g/mol. The van der Waals surface area contributed by atoms with E-state index in [4.69, 9.17) is 34.7 Å². The van der Waals surface area contributed by atoms with Gasteiger partial charge in [0.1, 0.15) is 54.2 Å². The first-order valence-electron chi connectivity index (χ1n) is 18.9. The maximum atomic E-state index is 13.9. The largest absolute Gasteiger partial charge is 0.472 e. The van der Waals surface area contributed by atoms with Crippen molar-refractivity contribution in [3.63, 3.8) is 0 Å². The molecule has 1 aromatic carbocycles. The Morgan fingerprint density at radius 1 is 0.952 bits per heavy atom. The number of nitrogens with two attached hydrogens (primary N) is 2. The number of carbonyl (C=O) groups excluding carboxylic acids is 2. The van der Waals surface area contributed by atoms with Crippen molar-refractivity contribution in [3.05, 3.63) is 84.0 Å². The Hall–Kier alpha value is -5.01. The van der Waals surface area contributed by atoms with Gasteiger partial charge in [-0.1, -0.05) is 36.4 Å². The van der Waals surface area contributed by atoms with Crippen LogP contribution in [0.2, 0.25) is 0 Å². The minimum Gasteiger partial charge on any atom is -0.455 e. The molecular weight excluding hydrogens is 864 g/mol. The Morgan fingerprint density at radius 2 is 1.63 bits per heavy atom. The molecule has 2 fully saturated rings. The van der Waals surface area contributed by atoms with Crippen LogP contribution in [-0.2, 0) is 52.9 Å². The Kier molecular flexibility index (Phi) is 15.0. The molecular formula is C35H45N9O16P2. The van der Waals surface area contributed by atoms with Gasteiger partial charge in [-0.3, -0.25) is 27.5 Å². The lowest BCUT2D eigenvalue weighted by Gasteiger charge is -2.26. The van der Waals surface area contributed by atoms with Gasteiger partial charge in [-0.15, -0.1) is 6.58 Å². The van der Waals surface area contributed by atoms with Gasteiger partial charge in [-0.2, -0.15) is 4.98 Å². The van der Waals surface area contributed by atoms with Gasteiger partial charge in [-0.05, 0) is 37.3 Å². The third-order valence-electron chi connectivity index (χ3n) is 9.72. The number of aryl methyl sites for hydroxylation is 1. The minimum absolute atomic E-state index is 0.00430. The molecule has 2 aliphatic rings. The van der Waals surface area contributed by atoms with Crippen molar-refractivity contribution in [1.29, 1.82) is 0 Å². The fourth-order valence-electron chi connectivity index (χ4n) is 6.76. The van der Waals surface area contributed by atoms with E-state index in [1.807, 2.05) is 30.3 Å². The molecule has 3 aromatic heterocycles. The van der Waals surface area contributed by atoms with Crippen LogP contribution in [0.15, 0.2) is 72.7 Å². The first-order valence-corrected chi connectivity index (χ1v) is 21.9.